The number of fused-ring (bicyclic) bond motifs is 1. The first-order chi connectivity index (χ1) is 18.0. The van der Waals surface area contributed by atoms with Crippen molar-refractivity contribution < 1.29 is 20.4 Å². The number of rotatable bonds is 11. The molecule has 0 spiro atoms. The second-order valence-electron chi connectivity index (χ2n) is 11.4. The smallest absolute Gasteiger partial charge is 0.147 e. The summed E-state index contributed by atoms with van der Waals surface area (Å²) in [5.41, 5.74) is 12.8. The molecule has 39 heavy (non-hydrogen) atoms. The van der Waals surface area contributed by atoms with E-state index in [1.54, 1.807) is 11.1 Å². The quantitative estimate of drug-likeness (QED) is 0.210. The fraction of sp³-hybridized carbons (Fsp3) is 0.486. The van der Waals surface area contributed by atoms with E-state index < -0.39 is 25.8 Å². The molecule has 0 amide bonds. The number of hydrogen-bond donors (Lipinski definition) is 0. The summed E-state index contributed by atoms with van der Waals surface area (Å²) < 4.78 is 2.79. The van der Waals surface area contributed by atoms with E-state index in [2.05, 4.69) is 106 Å². The zero-order valence-electron chi connectivity index (χ0n) is 25.3. The summed E-state index contributed by atoms with van der Waals surface area (Å²) >= 11 is -2.05. The Morgan fingerprint density at radius 2 is 1.38 bits per heavy atom. The van der Waals surface area contributed by atoms with Crippen molar-refractivity contribution in [1.29, 1.82) is 0 Å². The van der Waals surface area contributed by atoms with Crippen LogP contribution in [0.5, 0.6) is 0 Å². The molecule has 0 aliphatic heterocycles. The molecular formula is C35H50Cl2SiZr. The van der Waals surface area contributed by atoms with Gasteiger partial charge in [-0.05, 0) is 0 Å². The molecule has 0 saturated carbocycles. The molecule has 2 atom stereocenters. The van der Waals surface area contributed by atoms with Crippen LogP contribution >= 0.6 is 24.8 Å². The number of hydrogen-bond acceptors (Lipinski definition) is 0. The van der Waals surface area contributed by atoms with Gasteiger partial charge in [-0.2, -0.15) is 0 Å². The SMILES string of the molecule is CCCC1=C(CCC)C(CCC)[C]([Zr]([CH]2C(C)=Cc3c(-c4ccccc4)cccc32)=[Si](C)C)=C1CCC.Cl.Cl. The predicted molar refractivity (Wildman–Crippen MR) is 177 cm³/mol. The normalized spacial score (nSPS) is 18.0. The average molecular weight is 661 g/mol. The Labute approximate surface area is 259 Å². The van der Waals surface area contributed by atoms with Gasteiger partial charge in [0.25, 0.3) is 0 Å². The zero-order valence-corrected chi connectivity index (χ0v) is 30.4. The van der Waals surface area contributed by atoms with Crippen molar-refractivity contribution in [3.63, 3.8) is 0 Å². The summed E-state index contributed by atoms with van der Waals surface area (Å²) in [5.74, 6) is 0.761. The van der Waals surface area contributed by atoms with Crippen LogP contribution in [0.25, 0.3) is 17.2 Å². The van der Waals surface area contributed by atoms with Crippen LogP contribution in [-0.2, 0) is 20.4 Å². The van der Waals surface area contributed by atoms with Crippen molar-refractivity contribution in [1.82, 2.24) is 0 Å². The molecule has 0 heterocycles. The number of halogens is 2. The van der Waals surface area contributed by atoms with Crippen LogP contribution in [-0.4, -0.2) is 5.43 Å². The van der Waals surface area contributed by atoms with Crippen molar-refractivity contribution in [2.75, 3.05) is 0 Å². The summed E-state index contributed by atoms with van der Waals surface area (Å²) in [7, 11) is 0. The third-order valence-corrected chi connectivity index (χ3v) is 27.1. The molecule has 0 saturated heterocycles. The van der Waals surface area contributed by atoms with E-state index in [1.165, 1.54) is 68.1 Å². The third kappa shape index (κ3) is 7.05. The monoisotopic (exact) mass is 658 g/mol. The van der Waals surface area contributed by atoms with E-state index in [0.29, 0.717) is 0 Å². The van der Waals surface area contributed by atoms with E-state index in [4.69, 9.17) is 0 Å². The molecule has 2 aliphatic rings. The summed E-state index contributed by atoms with van der Waals surface area (Å²) in [4.78, 5) is 0. The minimum Gasteiger partial charge on any atom is -0.147 e. The van der Waals surface area contributed by atoms with E-state index in [1.807, 2.05) is 16.7 Å². The van der Waals surface area contributed by atoms with Crippen LogP contribution in [0.1, 0.15) is 101 Å². The van der Waals surface area contributed by atoms with Crippen molar-refractivity contribution in [3.05, 3.63) is 85.2 Å². The Balaban J connectivity index is 0.00000267. The average Bonchev–Trinajstić information content (AvgIpc) is 3.36. The second kappa shape index (κ2) is 16.1. The van der Waals surface area contributed by atoms with Gasteiger partial charge in [-0.15, -0.1) is 24.8 Å². The fourth-order valence-corrected chi connectivity index (χ4v) is 27.3. The molecule has 0 nitrogen and oxygen atoms in total. The van der Waals surface area contributed by atoms with E-state index in [-0.39, 0.29) is 24.8 Å². The summed E-state index contributed by atoms with van der Waals surface area (Å²) in [6, 6.07) is 18.3. The Bertz CT molecular complexity index is 1250. The minimum absolute atomic E-state index is 0. The van der Waals surface area contributed by atoms with E-state index in [9.17, 15) is 0 Å². The molecule has 4 rings (SSSR count). The van der Waals surface area contributed by atoms with Crippen LogP contribution in [0.4, 0.5) is 0 Å². The molecule has 2 aliphatic carbocycles. The number of benzene rings is 2. The molecule has 0 bridgehead atoms. The van der Waals surface area contributed by atoms with Gasteiger partial charge in [0.15, 0.2) is 0 Å². The van der Waals surface area contributed by atoms with Crippen LogP contribution in [0.3, 0.4) is 0 Å². The first-order valence-corrected chi connectivity index (χ1v) is 23.8. The van der Waals surface area contributed by atoms with Crippen LogP contribution in [0.15, 0.2) is 74.1 Å². The predicted octanol–water partition coefficient (Wildman–Crippen LogP) is 11.9. The van der Waals surface area contributed by atoms with Crippen molar-refractivity contribution in [3.8, 4) is 11.1 Å². The fourth-order valence-electron chi connectivity index (χ4n) is 7.12. The van der Waals surface area contributed by atoms with Crippen LogP contribution in [0.2, 0.25) is 13.1 Å². The van der Waals surface area contributed by atoms with Crippen molar-refractivity contribution >= 4 is 36.3 Å². The van der Waals surface area contributed by atoms with Crippen LogP contribution in [0, 0.1) is 5.92 Å². The van der Waals surface area contributed by atoms with Gasteiger partial charge in [-0.25, -0.2) is 0 Å². The molecule has 0 aromatic heterocycles. The molecular weight excluding hydrogens is 611 g/mol. The standard InChI is InChI=1S/C17H29.C16H13.C2H6Si.2ClH.Zr/c1-5-9-14-13-15(10-6-2)17(12-8-4)16(14)11-7-3;1-12-10-14-8-5-9-15(16(14)11-12)13-6-3-2-4-7-13;1-3-2;;;/h14H,5-12H2,1-4H3;2-11H,1H3;1-2H3;2*1H;. The Kier molecular flexibility index (Phi) is 14.3. The van der Waals surface area contributed by atoms with Crippen molar-refractivity contribution in [2.45, 2.75) is 103 Å². The minimum atomic E-state index is -2.05. The van der Waals surface area contributed by atoms with Gasteiger partial charge in [0, 0.05) is 0 Å². The van der Waals surface area contributed by atoms with Gasteiger partial charge in [-0.3, -0.25) is 0 Å². The van der Waals surface area contributed by atoms with Gasteiger partial charge in [-0.1, -0.05) is 0 Å². The third-order valence-electron chi connectivity index (χ3n) is 8.42. The maximum Gasteiger partial charge on any atom is -0.147 e. The molecule has 4 heteroatoms. The van der Waals surface area contributed by atoms with Crippen LogP contribution < -0.4 is 0 Å². The van der Waals surface area contributed by atoms with Gasteiger partial charge >= 0.3 is 237 Å². The maximum absolute atomic E-state index is 2.68. The van der Waals surface area contributed by atoms with Gasteiger partial charge in [0.05, 0.1) is 0 Å². The molecule has 0 fully saturated rings. The molecule has 2 aromatic carbocycles. The molecule has 2 unspecified atom stereocenters. The van der Waals surface area contributed by atoms with Gasteiger partial charge in [0.1, 0.15) is 0 Å². The first kappa shape index (κ1) is 34.5. The van der Waals surface area contributed by atoms with Gasteiger partial charge < -0.3 is 0 Å². The summed E-state index contributed by atoms with van der Waals surface area (Å²) in [6.45, 7) is 17.5. The zero-order chi connectivity index (χ0) is 26.5. The molecule has 212 valence electrons. The second-order valence-corrected chi connectivity index (χ2v) is 28.7. The summed E-state index contributed by atoms with van der Waals surface area (Å²) in [5, 5.41) is 0. The Morgan fingerprint density at radius 3 is 1.97 bits per heavy atom. The van der Waals surface area contributed by atoms with Gasteiger partial charge in [0.2, 0.25) is 0 Å². The van der Waals surface area contributed by atoms with E-state index >= 15 is 0 Å². The maximum atomic E-state index is 2.68. The number of allylic oxidation sites excluding steroid dienone is 5. The van der Waals surface area contributed by atoms with Crippen molar-refractivity contribution in [2.24, 2.45) is 5.92 Å². The molecule has 0 radical (unpaired) electrons. The Morgan fingerprint density at radius 1 is 0.744 bits per heavy atom. The molecule has 2 aromatic rings. The Hall–Kier alpha value is -0.660. The molecule has 0 N–H and O–H groups in total. The van der Waals surface area contributed by atoms with E-state index in [0.717, 1.165) is 9.54 Å². The summed E-state index contributed by atoms with van der Waals surface area (Å²) in [6.07, 6.45) is 13.0. The first-order valence-electron chi connectivity index (χ1n) is 15.0. The largest absolute Gasteiger partial charge is 0.147 e. The topological polar surface area (TPSA) is 0 Å².